The summed E-state index contributed by atoms with van der Waals surface area (Å²) in [7, 11) is 0. The molecule has 0 aromatic heterocycles. The molecule has 5 heteroatoms. The van der Waals surface area contributed by atoms with Crippen LogP contribution in [0, 0.1) is 5.82 Å². The van der Waals surface area contributed by atoms with Crippen molar-refractivity contribution in [2.75, 3.05) is 6.54 Å². The first-order valence-corrected chi connectivity index (χ1v) is 8.20. The molecule has 0 unspecified atom stereocenters. The van der Waals surface area contributed by atoms with E-state index in [9.17, 15) is 14.0 Å². The van der Waals surface area contributed by atoms with Crippen LogP contribution in [0.15, 0.2) is 48.5 Å². The summed E-state index contributed by atoms with van der Waals surface area (Å²) >= 11 is 0. The minimum Gasteiger partial charge on any atom is -0.453 e. The van der Waals surface area contributed by atoms with Crippen molar-refractivity contribution in [2.24, 2.45) is 0 Å². The topological polar surface area (TPSA) is 55.4 Å². The molecule has 0 saturated heterocycles. The zero-order chi connectivity index (χ0) is 18.0. The van der Waals surface area contributed by atoms with Gasteiger partial charge in [-0.1, -0.05) is 50.2 Å². The average molecular weight is 341 g/mol. The van der Waals surface area contributed by atoms with Crippen LogP contribution in [0.4, 0.5) is 4.39 Å². The number of hydrogen-bond donors (Lipinski definition) is 1. The molecule has 0 radical (unpaired) electrons. The molecular formula is C20H20FNO3. The van der Waals surface area contributed by atoms with Crippen molar-refractivity contribution in [3.05, 3.63) is 71.0 Å². The summed E-state index contributed by atoms with van der Waals surface area (Å²) in [6.07, 6.45) is -0.517. The second kappa shape index (κ2) is 6.67. The Kier molecular flexibility index (Phi) is 4.57. The maximum absolute atomic E-state index is 14.0. The Balaban J connectivity index is 1.63. The van der Waals surface area contributed by atoms with E-state index in [-0.39, 0.29) is 24.7 Å². The number of fused-ring (bicyclic) bond motifs is 1. The number of benzene rings is 2. The first-order chi connectivity index (χ1) is 11.9. The largest absolute Gasteiger partial charge is 0.453 e. The van der Waals surface area contributed by atoms with Gasteiger partial charge in [-0.3, -0.25) is 4.79 Å². The molecule has 0 fully saturated rings. The molecule has 2 aromatic carbocycles. The lowest BCUT2D eigenvalue weighted by Gasteiger charge is -2.26. The molecule has 4 nitrogen and oxygen atoms in total. The number of carbonyl (C=O) groups excluding carboxylic acids is 2. The highest BCUT2D eigenvalue weighted by molar-refractivity contribution is 5.94. The third-order valence-electron chi connectivity index (χ3n) is 4.48. The lowest BCUT2D eigenvalue weighted by atomic mass is 9.84. The molecule has 1 amide bonds. The van der Waals surface area contributed by atoms with Gasteiger partial charge in [0.15, 0.2) is 0 Å². The molecule has 1 aliphatic rings. The van der Waals surface area contributed by atoms with Gasteiger partial charge in [0, 0.05) is 17.5 Å². The van der Waals surface area contributed by atoms with Crippen LogP contribution in [0.2, 0.25) is 0 Å². The van der Waals surface area contributed by atoms with Gasteiger partial charge in [-0.15, -0.1) is 0 Å². The highest BCUT2D eigenvalue weighted by atomic mass is 19.1. The lowest BCUT2D eigenvalue weighted by molar-refractivity contribution is -0.123. The summed E-state index contributed by atoms with van der Waals surface area (Å²) in [6, 6.07) is 13.6. The van der Waals surface area contributed by atoms with E-state index in [2.05, 4.69) is 5.32 Å². The molecular weight excluding hydrogens is 321 g/mol. The van der Waals surface area contributed by atoms with Gasteiger partial charge in [-0.05, 0) is 17.7 Å². The second-order valence-electron chi connectivity index (χ2n) is 6.83. The molecule has 3 rings (SSSR count). The number of hydrogen-bond acceptors (Lipinski definition) is 3. The Morgan fingerprint density at radius 3 is 2.60 bits per heavy atom. The maximum atomic E-state index is 14.0. The Morgan fingerprint density at radius 1 is 1.16 bits per heavy atom. The monoisotopic (exact) mass is 341 g/mol. The fourth-order valence-electron chi connectivity index (χ4n) is 3.04. The number of ether oxygens (including phenoxy) is 1. The standard InChI is InChI=1S/C20H20FNO3/c1-20(2,15-9-5-6-10-16(15)21)12-22-18(23)11-17-13-7-3-4-8-14(13)19(24)25-17/h3-10,17H,11-12H2,1-2H3,(H,22,23)/t17-/m1/s1. The SMILES string of the molecule is CC(C)(CNC(=O)C[C@H]1OC(=O)c2ccccc21)c1ccccc1F. The number of carbonyl (C=O) groups is 2. The predicted molar refractivity (Wildman–Crippen MR) is 91.7 cm³/mol. The van der Waals surface area contributed by atoms with Gasteiger partial charge >= 0.3 is 5.97 Å². The summed E-state index contributed by atoms with van der Waals surface area (Å²) in [5.74, 6) is -0.931. The highest BCUT2D eigenvalue weighted by Gasteiger charge is 2.32. The molecule has 1 atom stereocenters. The van der Waals surface area contributed by atoms with Crippen LogP contribution in [0.25, 0.3) is 0 Å². The zero-order valence-corrected chi connectivity index (χ0v) is 14.2. The number of amides is 1. The van der Waals surface area contributed by atoms with Crippen molar-refractivity contribution in [1.29, 1.82) is 0 Å². The molecule has 25 heavy (non-hydrogen) atoms. The van der Waals surface area contributed by atoms with Crippen molar-refractivity contribution >= 4 is 11.9 Å². The van der Waals surface area contributed by atoms with E-state index in [4.69, 9.17) is 4.74 Å². The van der Waals surface area contributed by atoms with Crippen LogP contribution in [-0.2, 0) is 14.9 Å². The van der Waals surface area contributed by atoms with Gasteiger partial charge in [-0.2, -0.15) is 0 Å². The average Bonchev–Trinajstić information content (AvgIpc) is 2.90. The first kappa shape index (κ1) is 17.1. The van der Waals surface area contributed by atoms with E-state index in [1.807, 2.05) is 19.9 Å². The minimum atomic E-state index is -0.569. The van der Waals surface area contributed by atoms with E-state index in [1.54, 1.807) is 36.4 Å². The van der Waals surface area contributed by atoms with E-state index >= 15 is 0 Å². The Hall–Kier alpha value is -2.69. The number of nitrogens with one attached hydrogen (secondary N) is 1. The zero-order valence-electron chi connectivity index (χ0n) is 14.2. The van der Waals surface area contributed by atoms with Gasteiger partial charge in [0.05, 0.1) is 12.0 Å². The molecule has 1 aliphatic heterocycles. The predicted octanol–water partition coefficient (Wildman–Crippen LogP) is 3.52. The van der Waals surface area contributed by atoms with Crippen molar-refractivity contribution in [3.63, 3.8) is 0 Å². The fraction of sp³-hybridized carbons (Fsp3) is 0.300. The van der Waals surface area contributed by atoms with Crippen LogP contribution >= 0.6 is 0 Å². The highest BCUT2D eigenvalue weighted by Crippen LogP contribution is 2.32. The van der Waals surface area contributed by atoms with Gasteiger partial charge in [0.25, 0.3) is 0 Å². The Labute approximate surface area is 146 Å². The molecule has 1 heterocycles. The molecule has 0 aliphatic carbocycles. The third-order valence-corrected chi connectivity index (χ3v) is 4.48. The van der Waals surface area contributed by atoms with Gasteiger partial charge < -0.3 is 10.1 Å². The van der Waals surface area contributed by atoms with Gasteiger partial charge in [0.1, 0.15) is 11.9 Å². The number of halogens is 1. The van der Waals surface area contributed by atoms with Crippen LogP contribution in [0.1, 0.15) is 47.9 Å². The lowest BCUT2D eigenvalue weighted by Crippen LogP contribution is -2.37. The van der Waals surface area contributed by atoms with Crippen molar-refractivity contribution in [3.8, 4) is 0 Å². The minimum absolute atomic E-state index is 0.0517. The molecule has 130 valence electrons. The van der Waals surface area contributed by atoms with Gasteiger partial charge in [0.2, 0.25) is 5.91 Å². The molecule has 0 bridgehead atoms. The van der Waals surface area contributed by atoms with E-state index in [0.29, 0.717) is 11.1 Å². The molecule has 0 spiro atoms. The Morgan fingerprint density at radius 2 is 1.84 bits per heavy atom. The normalized spacial score (nSPS) is 16.3. The summed E-state index contributed by atoms with van der Waals surface area (Å²) < 4.78 is 19.3. The third kappa shape index (κ3) is 3.55. The maximum Gasteiger partial charge on any atom is 0.339 e. The van der Waals surface area contributed by atoms with E-state index < -0.39 is 17.5 Å². The van der Waals surface area contributed by atoms with Crippen LogP contribution in [-0.4, -0.2) is 18.4 Å². The van der Waals surface area contributed by atoms with Crippen LogP contribution < -0.4 is 5.32 Å². The summed E-state index contributed by atoms with van der Waals surface area (Å²) in [5.41, 5.74) is 1.24. The smallest absolute Gasteiger partial charge is 0.339 e. The number of rotatable bonds is 5. The first-order valence-electron chi connectivity index (χ1n) is 8.20. The summed E-state index contributed by atoms with van der Waals surface area (Å²) in [6.45, 7) is 4.03. The number of esters is 1. The summed E-state index contributed by atoms with van der Waals surface area (Å²) in [5, 5.41) is 2.82. The molecule has 1 N–H and O–H groups in total. The summed E-state index contributed by atoms with van der Waals surface area (Å²) in [4.78, 5) is 24.1. The van der Waals surface area contributed by atoms with Gasteiger partial charge in [-0.25, -0.2) is 9.18 Å². The van der Waals surface area contributed by atoms with E-state index in [0.717, 1.165) is 5.56 Å². The quantitative estimate of drug-likeness (QED) is 0.847. The van der Waals surface area contributed by atoms with Crippen LogP contribution in [0.3, 0.4) is 0 Å². The second-order valence-corrected chi connectivity index (χ2v) is 6.83. The van der Waals surface area contributed by atoms with Crippen molar-refractivity contribution in [1.82, 2.24) is 5.32 Å². The number of cyclic esters (lactones) is 1. The van der Waals surface area contributed by atoms with Crippen molar-refractivity contribution in [2.45, 2.75) is 31.8 Å². The Bertz CT molecular complexity index is 816. The molecule has 0 saturated carbocycles. The van der Waals surface area contributed by atoms with Crippen LogP contribution in [0.5, 0.6) is 0 Å². The molecule has 2 aromatic rings. The fourth-order valence-corrected chi connectivity index (χ4v) is 3.04. The van der Waals surface area contributed by atoms with Crippen molar-refractivity contribution < 1.29 is 18.7 Å². The van der Waals surface area contributed by atoms with E-state index in [1.165, 1.54) is 6.07 Å².